The Bertz CT molecular complexity index is 651. The van der Waals surface area contributed by atoms with Gasteiger partial charge in [0.05, 0.1) is 0 Å². The molecule has 4 nitrogen and oxygen atoms in total. The first-order valence-corrected chi connectivity index (χ1v) is 6.44. The lowest BCUT2D eigenvalue weighted by Gasteiger charge is -2.43. The van der Waals surface area contributed by atoms with Gasteiger partial charge in [0.15, 0.2) is 0 Å². The van der Waals surface area contributed by atoms with E-state index in [0.29, 0.717) is 0 Å². The normalized spacial score (nSPS) is 17.5. The van der Waals surface area contributed by atoms with Crippen LogP contribution < -0.4 is 0 Å². The molecule has 1 atom stereocenters. The Morgan fingerprint density at radius 2 is 0.700 bits per heavy atom. The van der Waals surface area contributed by atoms with Gasteiger partial charge >= 0.3 is 53.4 Å². The zero-order valence-corrected chi connectivity index (χ0v) is 13.4. The third-order valence-corrected chi connectivity index (χ3v) is 3.63. The quantitative estimate of drug-likeness (QED) is 0.476. The topological polar surface area (TPSA) is 74.6 Å². The highest BCUT2D eigenvalue weighted by molar-refractivity contribution is 5.78. The molecule has 0 aromatic heterocycles. The summed E-state index contributed by atoms with van der Waals surface area (Å²) in [6.07, 6.45) is 0. The number of alkyl halides is 15. The number of halogens is 15. The van der Waals surface area contributed by atoms with Crippen molar-refractivity contribution in [3.8, 4) is 0 Å². The lowest BCUT2D eigenvalue weighted by molar-refractivity contribution is -0.444. The second-order valence-electron chi connectivity index (χ2n) is 5.63. The van der Waals surface area contributed by atoms with Crippen LogP contribution in [0.4, 0.5) is 65.9 Å². The van der Waals surface area contributed by atoms with Crippen molar-refractivity contribution in [2.75, 3.05) is 0 Å². The minimum absolute atomic E-state index is 1.12. The minimum Gasteiger partial charge on any atom is -0.479 e. The third-order valence-electron chi connectivity index (χ3n) is 3.63. The number of hydrogen-bond acceptors (Lipinski definition) is 2. The van der Waals surface area contributed by atoms with E-state index in [1.165, 1.54) is 0 Å². The lowest BCUT2D eigenvalue weighted by atomic mass is 9.84. The zero-order chi connectivity index (χ0) is 25.2. The van der Waals surface area contributed by atoms with Gasteiger partial charge in [-0.2, -0.15) is 61.5 Å². The maximum absolute atomic E-state index is 13.3. The fraction of sp³-hybridized carbons (Fsp3) is 0.818. The number of aliphatic carboxylic acids is 2. The molecule has 0 aliphatic rings. The van der Waals surface area contributed by atoms with E-state index < -0.39 is 66.0 Å². The first-order chi connectivity index (χ1) is 12.6. The Kier molecular flexibility index (Phi) is 6.22. The Balaban J connectivity index is 6.90. The molecule has 0 fully saturated rings. The van der Waals surface area contributed by atoms with Crippen LogP contribution in [-0.2, 0) is 9.59 Å². The molecule has 0 aromatic rings. The first kappa shape index (κ1) is 27.9. The van der Waals surface area contributed by atoms with E-state index in [-0.39, 0.29) is 0 Å². The smallest absolute Gasteiger partial charge is 0.410 e. The molecular formula is C11H5F15O4. The molecule has 0 saturated carbocycles. The summed E-state index contributed by atoms with van der Waals surface area (Å²) in [4.78, 5) is 20.1. The molecule has 0 amide bonds. The molecular weight excluding hydrogens is 481 g/mol. The van der Waals surface area contributed by atoms with Crippen LogP contribution in [0, 0.1) is 0 Å². The van der Waals surface area contributed by atoms with Crippen LogP contribution >= 0.6 is 0 Å². The van der Waals surface area contributed by atoms with Gasteiger partial charge in [0.25, 0.3) is 5.67 Å². The molecule has 30 heavy (non-hydrogen) atoms. The van der Waals surface area contributed by atoms with Crippen molar-refractivity contribution in [3.05, 3.63) is 0 Å². The van der Waals surface area contributed by atoms with Gasteiger partial charge in [-0.1, -0.05) is 0 Å². The number of carbonyl (C=O) groups is 2. The van der Waals surface area contributed by atoms with E-state index in [1.54, 1.807) is 0 Å². The fourth-order valence-corrected chi connectivity index (χ4v) is 1.55. The molecule has 19 heteroatoms. The second-order valence-corrected chi connectivity index (χ2v) is 5.63. The summed E-state index contributed by atoms with van der Waals surface area (Å²) >= 11 is 0. The Morgan fingerprint density at radius 1 is 0.467 bits per heavy atom. The summed E-state index contributed by atoms with van der Waals surface area (Å²) in [6.45, 7) is -1.12. The van der Waals surface area contributed by atoms with Crippen molar-refractivity contribution in [1.29, 1.82) is 0 Å². The monoisotopic (exact) mass is 486 g/mol. The number of rotatable bonds is 9. The third kappa shape index (κ3) is 3.02. The largest absolute Gasteiger partial charge is 0.479 e. The van der Waals surface area contributed by atoms with Crippen LogP contribution in [0.5, 0.6) is 0 Å². The summed E-state index contributed by atoms with van der Waals surface area (Å²) in [5.74, 6) is -65.0. The molecule has 0 aliphatic heterocycles. The maximum Gasteiger partial charge on any atom is 0.410 e. The standard InChI is InChI=1S/C11H5F15O4/c1-4(12,2(27)28)6(15,16)8(19,20)10(23,24)11(25,26)9(21,22)7(17,18)5(13,14)3(29)30/h1H3,(H,27,28)(H,29,30). The summed E-state index contributed by atoms with van der Waals surface area (Å²) < 4.78 is 198. The Morgan fingerprint density at radius 3 is 0.933 bits per heavy atom. The SMILES string of the molecule is CC(F)(C(=O)O)C(F)(F)C(F)(F)C(F)(F)C(F)(F)C(F)(F)C(F)(F)C(F)(F)C(=O)O. The predicted molar refractivity (Wildman–Crippen MR) is 59.4 cm³/mol. The fourth-order valence-electron chi connectivity index (χ4n) is 1.55. The van der Waals surface area contributed by atoms with Gasteiger partial charge in [0, 0.05) is 0 Å². The summed E-state index contributed by atoms with van der Waals surface area (Å²) in [7, 11) is 0. The van der Waals surface area contributed by atoms with Gasteiger partial charge < -0.3 is 10.2 Å². The van der Waals surface area contributed by atoms with Crippen LogP contribution in [0.25, 0.3) is 0 Å². The molecule has 0 heterocycles. The Hall–Kier alpha value is -2.11. The van der Waals surface area contributed by atoms with E-state index in [9.17, 15) is 75.4 Å². The summed E-state index contributed by atoms with van der Waals surface area (Å²) in [5.41, 5.74) is -5.92. The van der Waals surface area contributed by atoms with Gasteiger partial charge in [-0.15, -0.1) is 0 Å². The molecule has 2 N–H and O–H groups in total. The number of hydrogen-bond donors (Lipinski definition) is 2. The lowest BCUT2D eigenvalue weighted by Crippen LogP contribution is -2.75. The van der Waals surface area contributed by atoms with Crippen molar-refractivity contribution >= 4 is 11.9 Å². The molecule has 0 radical (unpaired) electrons. The van der Waals surface area contributed by atoms with Crippen molar-refractivity contribution in [3.63, 3.8) is 0 Å². The second kappa shape index (κ2) is 6.69. The highest BCUT2D eigenvalue weighted by atomic mass is 19.4. The molecule has 0 spiro atoms. The molecule has 0 saturated heterocycles. The van der Waals surface area contributed by atoms with Gasteiger partial charge in [0.1, 0.15) is 0 Å². The first-order valence-electron chi connectivity index (χ1n) is 6.44. The van der Waals surface area contributed by atoms with Crippen molar-refractivity contribution in [2.24, 2.45) is 0 Å². The van der Waals surface area contributed by atoms with Crippen LogP contribution in [-0.4, -0.2) is 69.3 Å². The van der Waals surface area contributed by atoms with Gasteiger partial charge in [-0.25, -0.2) is 14.0 Å². The van der Waals surface area contributed by atoms with Crippen LogP contribution in [0.1, 0.15) is 6.92 Å². The zero-order valence-electron chi connectivity index (χ0n) is 13.4. The van der Waals surface area contributed by atoms with Crippen molar-refractivity contribution < 1.29 is 85.7 Å². The number of carboxylic acid groups (broad SMARTS) is 2. The van der Waals surface area contributed by atoms with Crippen LogP contribution in [0.3, 0.4) is 0 Å². The molecule has 0 rings (SSSR count). The summed E-state index contributed by atoms with van der Waals surface area (Å²) in [5, 5.41) is 15.7. The van der Waals surface area contributed by atoms with Crippen molar-refractivity contribution in [2.45, 2.75) is 54.1 Å². The average molecular weight is 486 g/mol. The van der Waals surface area contributed by atoms with E-state index >= 15 is 0 Å². The predicted octanol–water partition coefficient (Wildman–Crippen LogP) is 4.33. The van der Waals surface area contributed by atoms with E-state index in [0.717, 1.165) is 0 Å². The minimum atomic E-state index is -8.64. The highest BCUT2D eigenvalue weighted by Crippen LogP contribution is 2.63. The molecule has 178 valence electrons. The van der Waals surface area contributed by atoms with Gasteiger partial charge in [0.2, 0.25) is 0 Å². The van der Waals surface area contributed by atoms with Gasteiger partial charge in [-0.05, 0) is 6.92 Å². The molecule has 1 unspecified atom stereocenters. The number of carboxylic acids is 2. The highest BCUT2D eigenvalue weighted by Gasteiger charge is 2.95. The van der Waals surface area contributed by atoms with Crippen LogP contribution in [0.15, 0.2) is 0 Å². The summed E-state index contributed by atoms with van der Waals surface area (Å²) in [6, 6.07) is 0. The van der Waals surface area contributed by atoms with E-state index in [1.807, 2.05) is 0 Å². The van der Waals surface area contributed by atoms with Crippen molar-refractivity contribution in [1.82, 2.24) is 0 Å². The molecule has 0 aliphatic carbocycles. The Labute approximate surface area is 153 Å². The van der Waals surface area contributed by atoms with E-state index in [4.69, 9.17) is 10.2 Å². The average Bonchev–Trinajstić information content (AvgIpc) is 2.52. The van der Waals surface area contributed by atoms with E-state index in [2.05, 4.69) is 0 Å². The molecule has 0 aromatic carbocycles. The van der Waals surface area contributed by atoms with Crippen LogP contribution in [0.2, 0.25) is 0 Å². The molecule has 0 bridgehead atoms. The van der Waals surface area contributed by atoms with Gasteiger partial charge in [-0.3, -0.25) is 0 Å². The maximum atomic E-state index is 13.3.